The summed E-state index contributed by atoms with van der Waals surface area (Å²) in [6.07, 6.45) is 0.211. The van der Waals surface area contributed by atoms with E-state index in [0.717, 1.165) is 27.2 Å². The number of nitrogens with zero attached hydrogens (tertiary/aromatic N) is 3. The van der Waals surface area contributed by atoms with E-state index in [4.69, 9.17) is 9.51 Å². The molecule has 29 heavy (non-hydrogen) atoms. The van der Waals surface area contributed by atoms with Crippen LogP contribution in [-0.4, -0.2) is 16.0 Å². The minimum atomic E-state index is -0.0595. The fraction of sp³-hybridized carbons (Fsp3) is 0.261. The van der Waals surface area contributed by atoms with E-state index in [1.807, 2.05) is 50.2 Å². The van der Waals surface area contributed by atoms with Crippen molar-refractivity contribution in [1.82, 2.24) is 10.1 Å². The van der Waals surface area contributed by atoms with Gasteiger partial charge in [-0.15, -0.1) is 0 Å². The summed E-state index contributed by atoms with van der Waals surface area (Å²) in [6.45, 7) is 8.01. The molecule has 0 aliphatic rings. The fourth-order valence-corrected chi connectivity index (χ4v) is 4.31. The molecule has 0 aliphatic carbocycles. The van der Waals surface area contributed by atoms with Gasteiger partial charge in [0.15, 0.2) is 5.13 Å². The SMILES string of the molecule is Cc1noc(C)c1CC(=O)N(c1ccc(C(C)C)cc1)c1nc2ccccc2s1. The molecule has 2 aromatic heterocycles. The summed E-state index contributed by atoms with van der Waals surface area (Å²) in [4.78, 5) is 19.9. The van der Waals surface area contributed by atoms with Crippen LogP contribution in [0, 0.1) is 13.8 Å². The zero-order valence-corrected chi connectivity index (χ0v) is 17.8. The molecule has 1 amide bonds. The summed E-state index contributed by atoms with van der Waals surface area (Å²) >= 11 is 1.51. The van der Waals surface area contributed by atoms with Crippen molar-refractivity contribution in [2.75, 3.05) is 4.90 Å². The molecule has 2 aromatic carbocycles. The van der Waals surface area contributed by atoms with Crippen molar-refractivity contribution in [1.29, 1.82) is 0 Å². The summed E-state index contributed by atoms with van der Waals surface area (Å²) in [7, 11) is 0. The molecule has 148 valence electrons. The van der Waals surface area contributed by atoms with Gasteiger partial charge in [0.2, 0.25) is 5.91 Å². The third-order valence-corrected chi connectivity index (χ3v) is 6.07. The second-order valence-corrected chi connectivity index (χ2v) is 8.43. The average molecular weight is 406 g/mol. The van der Waals surface area contributed by atoms with Crippen molar-refractivity contribution >= 4 is 38.3 Å². The number of para-hydroxylation sites is 1. The van der Waals surface area contributed by atoms with Crippen LogP contribution in [0.3, 0.4) is 0 Å². The molecule has 0 aliphatic heterocycles. The molecule has 5 nitrogen and oxygen atoms in total. The Morgan fingerprint density at radius 3 is 2.45 bits per heavy atom. The van der Waals surface area contributed by atoms with E-state index in [1.54, 1.807) is 4.90 Å². The van der Waals surface area contributed by atoms with E-state index in [2.05, 4.69) is 31.1 Å². The van der Waals surface area contributed by atoms with Crippen LogP contribution in [0.25, 0.3) is 10.2 Å². The molecule has 0 unspecified atom stereocenters. The predicted molar refractivity (Wildman–Crippen MR) is 117 cm³/mol. The largest absolute Gasteiger partial charge is 0.361 e. The number of hydrogen-bond donors (Lipinski definition) is 0. The van der Waals surface area contributed by atoms with E-state index < -0.39 is 0 Å². The maximum Gasteiger partial charge on any atom is 0.237 e. The monoisotopic (exact) mass is 405 g/mol. The van der Waals surface area contributed by atoms with Gasteiger partial charge in [0.1, 0.15) is 5.76 Å². The van der Waals surface area contributed by atoms with E-state index in [-0.39, 0.29) is 12.3 Å². The first-order chi connectivity index (χ1) is 13.9. The number of carbonyl (C=O) groups is 1. The van der Waals surface area contributed by atoms with Crippen LogP contribution in [0.4, 0.5) is 10.8 Å². The molecular formula is C23H23N3O2S. The lowest BCUT2D eigenvalue weighted by Gasteiger charge is -2.21. The van der Waals surface area contributed by atoms with Gasteiger partial charge in [0.25, 0.3) is 0 Å². The van der Waals surface area contributed by atoms with Crippen LogP contribution in [0.5, 0.6) is 0 Å². The fourth-order valence-electron chi connectivity index (χ4n) is 3.31. The Balaban J connectivity index is 1.76. The lowest BCUT2D eigenvalue weighted by Crippen LogP contribution is -2.27. The summed E-state index contributed by atoms with van der Waals surface area (Å²) in [5, 5.41) is 4.65. The number of aryl methyl sites for hydroxylation is 2. The number of aromatic nitrogens is 2. The van der Waals surface area contributed by atoms with Gasteiger partial charge in [-0.05, 0) is 49.6 Å². The summed E-state index contributed by atoms with van der Waals surface area (Å²) in [5.74, 6) is 1.05. The first-order valence-electron chi connectivity index (χ1n) is 9.64. The molecule has 0 spiro atoms. The highest BCUT2D eigenvalue weighted by Gasteiger charge is 2.24. The first kappa shape index (κ1) is 19.3. The maximum atomic E-state index is 13.4. The predicted octanol–water partition coefficient (Wildman–Crippen LogP) is 5.93. The summed E-state index contributed by atoms with van der Waals surface area (Å²) in [6, 6.07) is 16.1. The molecule has 0 atom stereocenters. The van der Waals surface area contributed by atoms with Crippen molar-refractivity contribution in [3.63, 3.8) is 0 Å². The van der Waals surface area contributed by atoms with Crippen molar-refractivity contribution in [3.8, 4) is 0 Å². The van der Waals surface area contributed by atoms with Gasteiger partial charge in [-0.3, -0.25) is 9.69 Å². The Morgan fingerprint density at radius 2 is 1.83 bits per heavy atom. The smallest absolute Gasteiger partial charge is 0.237 e. The Bertz CT molecular complexity index is 1110. The molecule has 4 aromatic rings. The zero-order chi connectivity index (χ0) is 20.5. The number of thiazole rings is 1. The number of benzene rings is 2. The zero-order valence-electron chi connectivity index (χ0n) is 17.0. The van der Waals surface area contributed by atoms with Gasteiger partial charge in [0, 0.05) is 5.56 Å². The topological polar surface area (TPSA) is 59.2 Å². The number of amides is 1. The third-order valence-electron chi connectivity index (χ3n) is 5.05. The van der Waals surface area contributed by atoms with E-state index in [0.29, 0.717) is 16.8 Å². The number of carbonyl (C=O) groups excluding carboxylic acids is 1. The second-order valence-electron chi connectivity index (χ2n) is 7.42. The Kier molecular flexibility index (Phi) is 5.20. The van der Waals surface area contributed by atoms with Gasteiger partial charge in [-0.1, -0.05) is 54.6 Å². The van der Waals surface area contributed by atoms with Crippen LogP contribution < -0.4 is 4.90 Å². The number of hydrogen-bond acceptors (Lipinski definition) is 5. The lowest BCUT2D eigenvalue weighted by molar-refractivity contribution is -0.117. The summed E-state index contributed by atoms with van der Waals surface area (Å²) in [5.41, 5.74) is 4.51. The molecule has 0 N–H and O–H groups in total. The highest BCUT2D eigenvalue weighted by molar-refractivity contribution is 7.22. The number of anilines is 2. The molecule has 0 radical (unpaired) electrons. The summed E-state index contributed by atoms with van der Waals surface area (Å²) < 4.78 is 6.30. The Hall–Kier alpha value is -2.99. The van der Waals surface area contributed by atoms with Gasteiger partial charge in [-0.2, -0.15) is 0 Å². The molecule has 0 bridgehead atoms. The van der Waals surface area contributed by atoms with Crippen LogP contribution >= 0.6 is 11.3 Å². The van der Waals surface area contributed by atoms with Crippen LogP contribution in [0.1, 0.15) is 42.3 Å². The highest BCUT2D eigenvalue weighted by atomic mass is 32.1. The minimum Gasteiger partial charge on any atom is -0.361 e. The third kappa shape index (κ3) is 3.80. The van der Waals surface area contributed by atoms with Crippen molar-refractivity contribution < 1.29 is 9.32 Å². The average Bonchev–Trinajstić information content (AvgIpc) is 3.26. The highest BCUT2D eigenvalue weighted by Crippen LogP contribution is 2.34. The van der Waals surface area contributed by atoms with Crippen molar-refractivity contribution in [3.05, 3.63) is 71.1 Å². The maximum absolute atomic E-state index is 13.4. The van der Waals surface area contributed by atoms with Gasteiger partial charge in [0.05, 0.1) is 28.0 Å². The molecule has 2 heterocycles. The number of fused-ring (bicyclic) bond motifs is 1. The Morgan fingerprint density at radius 1 is 1.10 bits per heavy atom. The van der Waals surface area contributed by atoms with Crippen molar-refractivity contribution in [2.24, 2.45) is 0 Å². The molecule has 0 saturated heterocycles. The van der Waals surface area contributed by atoms with E-state index >= 15 is 0 Å². The molecule has 4 rings (SSSR count). The lowest BCUT2D eigenvalue weighted by atomic mass is 10.0. The van der Waals surface area contributed by atoms with Crippen molar-refractivity contribution in [2.45, 2.75) is 40.0 Å². The van der Waals surface area contributed by atoms with E-state index in [1.165, 1.54) is 16.9 Å². The Labute approximate surface area is 174 Å². The van der Waals surface area contributed by atoms with E-state index in [9.17, 15) is 4.79 Å². The molecule has 6 heteroatoms. The first-order valence-corrected chi connectivity index (χ1v) is 10.5. The standard InChI is InChI=1S/C23H23N3O2S/c1-14(2)17-9-11-18(12-10-17)26(22(27)13-19-15(3)25-28-16(19)4)23-24-20-7-5-6-8-21(20)29-23/h5-12,14H,13H2,1-4H3. The van der Waals surface area contributed by atoms with Crippen LogP contribution in [0.2, 0.25) is 0 Å². The molecule has 0 fully saturated rings. The van der Waals surface area contributed by atoms with Gasteiger partial charge < -0.3 is 4.52 Å². The normalized spacial score (nSPS) is 11.3. The van der Waals surface area contributed by atoms with Gasteiger partial charge >= 0.3 is 0 Å². The van der Waals surface area contributed by atoms with Crippen LogP contribution in [0.15, 0.2) is 53.1 Å². The van der Waals surface area contributed by atoms with Crippen LogP contribution in [-0.2, 0) is 11.2 Å². The molecular weight excluding hydrogens is 382 g/mol. The number of rotatable bonds is 5. The molecule has 0 saturated carbocycles. The second kappa shape index (κ2) is 7.79. The minimum absolute atomic E-state index is 0.0595. The quantitative estimate of drug-likeness (QED) is 0.413. The van der Waals surface area contributed by atoms with Gasteiger partial charge in [-0.25, -0.2) is 4.98 Å².